The highest BCUT2D eigenvalue weighted by Gasteiger charge is 2.27. The van der Waals surface area contributed by atoms with Crippen molar-refractivity contribution in [2.24, 2.45) is 0 Å². The molecule has 0 aromatic heterocycles. The number of hydrogen-bond acceptors (Lipinski definition) is 0. The minimum Gasteiger partial charge on any atom is -0.140 e. The van der Waals surface area contributed by atoms with Crippen LogP contribution in [0.2, 0.25) is 6.55 Å². The van der Waals surface area contributed by atoms with E-state index in [0.29, 0.717) is 0 Å². The third-order valence-corrected chi connectivity index (χ3v) is 6.61. The summed E-state index contributed by atoms with van der Waals surface area (Å²) < 4.78 is 0. The van der Waals surface area contributed by atoms with Crippen LogP contribution in [0.4, 0.5) is 0 Å². The molecule has 0 saturated carbocycles. The lowest BCUT2D eigenvalue weighted by Gasteiger charge is -2.17. The predicted molar refractivity (Wildman–Crippen MR) is 93.1 cm³/mol. The van der Waals surface area contributed by atoms with Crippen molar-refractivity contribution in [2.75, 3.05) is 0 Å². The number of hydrogen-bond donors (Lipinski definition) is 0. The maximum atomic E-state index is 6.49. The van der Waals surface area contributed by atoms with Crippen molar-refractivity contribution in [1.82, 2.24) is 0 Å². The van der Waals surface area contributed by atoms with Crippen molar-refractivity contribution in [3.63, 3.8) is 0 Å². The van der Waals surface area contributed by atoms with Crippen LogP contribution in [0.15, 0.2) is 54.6 Å². The maximum absolute atomic E-state index is 6.49. The molecule has 0 amide bonds. The second-order valence-corrected chi connectivity index (χ2v) is 12.8. The van der Waals surface area contributed by atoms with E-state index in [0.717, 1.165) is 5.19 Å². The van der Waals surface area contributed by atoms with E-state index in [1.807, 2.05) is 6.55 Å². The highest BCUT2D eigenvalue weighted by molar-refractivity contribution is 7.50. The van der Waals surface area contributed by atoms with Crippen LogP contribution in [0, 0.1) is 0 Å². The van der Waals surface area contributed by atoms with Gasteiger partial charge >= 0.3 is 0 Å². The van der Waals surface area contributed by atoms with Crippen LogP contribution in [-0.4, -0.2) is 6.69 Å². The van der Waals surface area contributed by atoms with Crippen molar-refractivity contribution in [2.45, 2.75) is 6.55 Å². The van der Waals surface area contributed by atoms with Gasteiger partial charge < -0.3 is 0 Å². The van der Waals surface area contributed by atoms with Gasteiger partial charge in [-0.3, -0.25) is 0 Å². The predicted octanol–water partition coefficient (Wildman–Crippen LogP) is 5.34. The summed E-state index contributed by atoms with van der Waals surface area (Å²) in [5.41, 5.74) is 0. The fraction of sp³-hybridized carbons (Fsp3) is 0.0588. The SMILES string of the molecule is C[Si](Cl)(Cl)c1ccc2ccc3cccc4ccc1c2c34. The lowest BCUT2D eigenvalue weighted by atomic mass is 9.94. The molecule has 0 radical (unpaired) electrons. The summed E-state index contributed by atoms with van der Waals surface area (Å²) in [6.45, 7) is -0.420. The number of halogens is 2. The Balaban J connectivity index is 2.32. The fourth-order valence-corrected chi connectivity index (χ4v) is 5.16. The van der Waals surface area contributed by atoms with E-state index in [1.165, 1.54) is 32.3 Å². The van der Waals surface area contributed by atoms with Gasteiger partial charge in [-0.2, -0.15) is 0 Å². The second-order valence-electron chi connectivity index (χ2n) is 5.36. The normalized spacial score (nSPS) is 12.8. The van der Waals surface area contributed by atoms with Crippen LogP contribution in [0.25, 0.3) is 32.3 Å². The van der Waals surface area contributed by atoms with Crippen LogP contribution < -0.4 is 5.19 Å². The van der Waals surface area contributed by atoms with Crippen molar-refractivity contribution < 1.29 is 0 Å². The molecule has 0 spiro atoms. The average Bonchev–Trinajstić information content (AvgIpc) is 2.43. The molecule has 0 N–H and O–H groups in total. The molecule has 4 rings (SSSR count). The third-order valence-electron chi connectivity index (χ3n) is 4.00. The monoisotopic (exact) mass is 314 g/mol. The Labute approximate surface area is 127 Å². The Morgan fingerprint density at radius 3 is 1.90 bits per heavy atom. The third kappa shape index (κ3) is 1.67. The molecule has 0 fully saturated rings. The Hall–Kier alpha value is -1.28. The standard InChI is InChI=1S/C17H12Cl2Si/c1-20(18,19)15-10-8-13-6-5-11-3-2-4-12-7-9-14(15)17(13)16(11)12/h2-10H,1H3. The minimum absolute atomic E-state index is 1.10. The van der Waals surface area contributed by atoms with Gasteiger partial charge in [-0.1, -0.05) is 54.6 Å². The van der Waals surface area contributed by atoms with Crippen LogP contribution >= 0.6 is 22.2 Å². The van der Waals surface area contributed by atoms with Crippen molar-refractivity contribution in [3.05, 3.63) is 54.6 Å². The molecule has 0 bridgehead atoms. The largest absolute Gasteiger partial charge is 0.278 e. The summed E-state index contributed by atoms with van der Waals surface area (Å²) in [6.07, 6.45) is 0. The minimum atomic E-state index is -2.38. The summed E-state index contributed by atoms with van der Waals surface area (Å²) in [7, 11) is 0. The van der Waals surface area contributed by atoms with E-state index in [-0.39, 0.29) is 0 Å². The van der Waals surface area contributed by atoms with Crippen LogP contribution in [0.3, 0.4) is 0 Å². The van der Waals surface area contributed by atoms with Crippen LogP contribution in [0.1, 0.15) is 0 Å². The Bertz CT molecular complexity index is 922. The zero-order chi connectivity index (χ0) is 13.9. The molecule has 0 nitrogen and oxygen atoms in total. The summed E-state index contributed by atoms with van der Waals surface area (Å²) in [5, 5.41) is 8.70. The number of rotatable bonds is 1. The van der Waals surface area contributed by atoms with Crippen molar-refractivity contribution in [1.29, 1.82) is 0 Å². The van der Waals surface area contributed by atoms with E-state index >= 15 is 0 Å². The van der Waals surface area contributed by atoms with Gasteiger partial charge in [0, 0.05) is 0 Å². The molecule has 0 heterocycles. The molecule has 0 atom stereocenters. The van der Waals surface area contributed by atoms with Gasteiger partial charge in [0.2, 0.25) is 0 Å². The lowest BCUT2D eigenvalue weighted by molar-refractivity contribution is 1.79. The first-order valence-corrected chi connectivity index (χ1v) is 11.1. The molecule has 0 aliphatic heterocycles. The lowest BCUT2D eigenvalue weighted by Crippen LogP contribution is -2.33. The van der Waals surface area contributed by atoms with Gasteiger partial charge in [0.05, 0.1) is 0 Å². The van der Waals surface area contributed by atoms with Crippen molar-refractivity contribution in [3.8, 4) is 0 Å². The van der Waals surface area contributed by atoms with Gasteiger partial charge in [-0.25, -0.2) is 0 Å². The summed E-state index contributed by atoms with van der Waals surface area (Å²) in [6, 6.07) is 19.3. The van der Waals surface area contributed by atoms with E-state index in [4.69, 9.17) is 22.2 Å². The molecule has 98 valence electrons. The van der Waals surface area contributed by atoms with E-state index in [2.05, 4.69) is 54.6 Å². The number of benzene rings is 4. The van der Waals surface area contributed by atoms with Crippen LogP contribution in [0.5, 0.6) is 0 Å². The molecule has 3 heteroatoms. The van der Waals surface area contributed by atoms with Crippen molar-refractivity contribution >= 4 is 66.4 Å². The first-order valence-electron chi connectivity index (χ1n) is 6.60. The Morgan fingerprint density at radius 1 is 0.700 bits per heavy atom. The first kappa shape index (κ1) is 12.5. The molecule has 4 aromatic carbocycles. The molecule has 4 aromatic rings. The van der Waals surface area contributed by atoms with Gasteiger partial charge in [0.25, 0.3) is 6.69 Å². The smallest absolute Gasteiger partial charge is 0.140 e. The van der Waals surface area contributed by atoms with E-state index in [1.54, 1.807) is 0 Å². The fourth-order valence-electron chi connectivity index (χ4n) is 3.12. The summed E-state index contributed by atoms with van der Waals surface area (Å²) >= 11 is 13.0. The second kappa shape index (κ2) is 4.11. The molecule has 20 heavy (non-hydrogen) atoms. The quantitative estimate of drug-likeness (QED) is 0.253. The maximum Gasteiger partial charge on any atom is 0.278 e. The Kier molecular flexibility index (Phi) is 2.56. The van der Waals surface area contributed by atoms with Gasteiger partial charge in [0.15, 0.2) is 0 Å². The summed E-state index contributed by atoms with van der Waals surface area (Å²) in [5.74, 6) is 0. The molecule has 0 aliphatic carbocycles. The molecule has 0 saturated heterocycles. The molecule has 0 unspecified atom stereocenters. The van der Waals surface area contributed by atoms with Gasteiger partial charge in [-0.05, 0) is 44.1 Å². The molecular weight excluding hydrogens is 303 g/mol. The highest BCUT2D eigenvalue weighted by Crippen LogP contribution is 2.34. The van der Waals surface area contributed by atoms with E-state index in [9.17, 15) is 0 Å². The van der Waals surface area contributed by atoms with Gasteiger partial charge in [0.1, 0.15) is 0 Å². The first-order chi connectivity index (χ1) is 9.55. The molecular formula is C17H12Cl2Si. The zero-order valence-electron chi connectivity index (χ0n) is 11.0. The van der Waals surface area contributed by atoms with Gasteiger partial charge in [-0.15, -0.1) is 22.2 Å². The zero-order valence-corrected chi connectivity index (χ0v) is 13.5. The van der Waals surface area contributed by atoms with E-state index < -0.39 is 6.69 Å². The van der Waals surface area contributed by atoms with Crippen LogP contribution in [-0.2, 0) is 0 Å². The average molecular weight is 315 g/mol. The highest BCUT2D eigenvalue weighted by atomic mass is 35.7. The molecule has 0 aliphatic rings. The summed E-state index contributed by atoms with van der Waals surface area (Å²) in [4.78, 5) is 0. The topological polar surface area (TPSA) is 0 Å². The Morgan fingerprint density at radius 2 is 1.25 bits per heavy atom.